The first-order chi connectivity index (χ1) is 8.28. The zero-order chi connectivity index (χ0) is 13.8. The van der Waals surface area contributed by atoms with Crippen LogP contribution in [-0.2, 0) is 9.53 Å². The van der Waals surface area contributed by atoms with Gasteiger partial charge in [0.25, 0.3) is 0 Å². The molecule has 0 spiro atoms. The first kappa shape index (κ1) is 15.0. The fourth-order valence-electron chi connectivity index (χ4n) is 1.87. The van der Waals surface area contributed by atoms with Gasteiger partial charge >= 0.3 is 6.09 Å². The van der Waals surface area contributed by atoms with Crippen LogP contribution in [0.3, 0.4) is 0 Å². The summed E-state index contributed by atoms with van der Waals surface area (Å²) in [6.45, 7) is 8.16. The lowest BCUT2D eigenvalue weighted by atomic mass is 10.1. The summed E-state index contributed by atoms with van der Waals surface area (Å²) in [6.07, 6.45) is 2.75. The maximum Gasteiger partial charge on any atom is 0.407 e. The number of amides is 1. The number of ketones is 1. The lowest BCUT2D eigenvalue weighted by Gasteiger charge is -2.19. The Morgan fingerprint density at radius 2 is 1.94 bits per heavy atom. The number of hydrogen-bond acceptors (Lipinski definition) is 3. The van der Waals surface area contributed by atoms with E-state index in [9.17, 15) is 9.59 Å². The summed E-state index contributed by atoms with van der Waals surface area (Å²) in [4.78, 5) is 22.9. The molecule has 1 rings (SSSR count). The predicted octanol–water partition coefficient (Wildman–Crippen LogP) is 2.91. The highest BCUT2D eigenvalue weighted by atomic mass is 16.6. The monoisotopic (exact) mass is 255 g/mol. The standard InChI is InChI=1S/C14H25NO3/c1-10-8-11(10)9-12(16)6-5-7-15-13(17)18-14(2,3)4/h10-11H,5-9H2,1-4H3,(H,15,17). The molecule has 1 N–H and O–H groups in total. The normalized spacial score (nSPS) is 22.4. The zero-order valence-corrected chi connectivity index (χ0v) is 11.9. The molecule has 1 aliphatic rings. The highest BCUT2D eigenvalue weighted by Gasteiger charge is 2.33. The van der Waals surface area contributed by atoms with E-state index in [-0.39, 0.29) is 0 Å². The van der Waals surface area contributed by atoms with Crippen molar-refractivity contribution in [1.82, 2.24) is 5.32 Å². The first-order valence-corrected chi connectivity index (χ1v) is 6.76. The van der Waals surface area contributed by atoms with Gasteiger partial charge in [0, 0.05) is 19.4 Å². The Kier molecular flexibility index (Phi) is 5.17. The molecule has 104 valence electrons. The summed E-state index contributed by atoms with van der Waals surface area (Å²) in [5.74, 6) is 1.67. The van der Waals surface area contributed by atoms with E-state index in [4.69, 9.17) is 4.74 Å². The van der Waals surface area contributed by atoms with Gasteiger partial charge in [-0.2, -0.15) is 0 Å². The molecule has 0 aromatic rings. The van der Waals surface area contributed by atoms with E-state index in [2.05, 4.69) is 12.2 Å². The molecule has 2 atom stereocenters. The lowest BCUT2D eigenvalue weighted by molar-refractivity contribution is -0.119. The quantitative estimate of drug-likeness (QED) is 0.742. The van der Waals surface area contributed by atoms with Crippen molar-refractivity contribution in [2.75, 3.05) is 6.54 Å². The van der Waals surface area contributed by atoms with Crippen LogP contribution in [0.2, 0.25) is 0 Å². The second-order valence-corrected chi connectivity index (χ2v) is 6.25. The second kappa shape index (κ2) is 6.21. The highest BCUT2D eigenvalue weighted by molar-refractivity contribution is 5.79. The molecule has 0 aromatic carbocycles. The van der Waals surface area contributed by atoms with Crippen molar-refractivity contribution in [2.24, 2.45) is 11.8 Å². The van der Waals surface area contributed by atoms with Crippen LogP contribution in [0.4, 0.5) is 4.79 Å². The molecule has 0 saturated heterocycles. The Balaban J connectivity index is 2.01. The number of carbonyl (C=O) groups is 2. The molecule has 2 unspecified atom stereocenters. The van der Waals surface area contributed by atoms with Gasteiger partial charge in [0.2, 0.25) is 0 Å². The van der Waals surface area contributed by atoms with Gasteiger partial charge in [0.15, 0.2) is 0 Å². The third-order valence-corrected chi connectivity index (χ3v) is 3.07. The van der Waals surface area contributed by atoms with Gasteiger partial charge in [-0.15, -0.1) is 0 Å². The summed E-state index contributed by atoms with van der Waals surface area (Å²) in [6, 6.07) is 0. The van der Waals surface area contributed by atoms with Crippen LogP contribution < -0.4 is 5.32 Å². The van der Waals surface area contributed by atoms with Crippen molar-refractivity contribution in [1.29, 1.82) is 0 Å². The Bertz CT molecular complexity index is 307. The summed E-state index contributed by atoms with van der Waals surface area (Å²) >= 11 is 0. The van der Waals surface area contributed by atoms with E-state index in [1.54, 1.807) is 0 Å². The number of ether oxygens (including phenoxy) is 1. The van der Waals surface area contributed by atoms with Crippen molar-refractivity contribution >= 4 is 11.9 Å². The third kappa shape index (κ3) is 6.62. The maximum absolute atomic E-state index is 11.6. The molecule has 0 aliphatic heterocycles. The van der Waals surface area contributed by atoms with E-state index in [1.165, 1.54) is 6.42 Å². The summed E-state index contributed by atoms with van der Waals surface area (Å²) in [5.41, 5.74) is -0.470. The van der Waals surface area contributed by atoms with Crippen LogP contribution in [0.15, 0.2) is 0 Å². The minimum Gasteiger partial charge on any atom is -0.444 e. The third-order valence-electron chi connectivity index (χ3n) is 3.07. The summed E-state index contributed by atoms with van der Waals surface area (Å²) in [5, 5.41) is 2.66. The molecule has 0 radical (unpaired) electrons. The molecule has 1 aliphatic carbocycles. The Morgan fingerprint density at radius 3 is 2.44 bits per heavy atom. The summed E-state index contributed by atoms with van der Waals surface area (Å²) in [7, 11) is 0. The molecule has 0 bridgehead atoms. The van der Waals surface area contributed by atoms with Crippen LogP contribution in [-0.4, -0.2) is 24.0 Å². The number of alkyl carbamates (subject to hydrolysis) is 1. The van der Waals surface area contributed by atoms with Crippen molar-refractivity contribution in [3.05, 3.63) is 0 Å². The molecular weight excluding hydrogens is 230 g/mol. The average molecular weight is 255 g/mol. The fraction of sp³-hybridized carbons (Fsp3) is 0.857. The van der Waals surface area contributed by atoms with Gasteiger partial charge in [0.1, 0.15) is 11.4 Å². The second-order valence-electron chi connectivity index (χ2n) is 6.25. The maximum atomic E-state index is 11.6. The molecule has 1 amide bonds. The number of Topliss-reactive ketones (excluding diaryl/α,β-unsaturated/α-hetero) is 1. The minimum atomic E-state index is -0.470. The number of hydrogen-bond donors (Lipinski definition) is 1. The average Bonchev–Trinajstić information content (AvgIpc) is 2.86. The number of carbonyl (C=O) groups excluding carboxylic acids is 2. The van der Waals surface area contributed by atoms with Gasteiger partial charge in [-0.25, -0.2) is 4.79 Å². The molecular formula is C14H25NO3. The molecule has 4 nitrogen and oxygen atoms in total. The van der Waals surface area contributed by atoms with E-state index in [0.717, 1.165) is 5.92 Å². The lowest BCUT2D eigenvalue weighted by Crippen LogP contribution is -2.33. The Morgan fingerprint density at radius 1 is 1.33 bits per heavy atom. The van der Waals surface area contributed by atoms with Gasteiger partial charge in [-0.05, 0) is 45.4 Å². The van der Waals surface area contributed by atoms with Crippen molar-refractivity contribution in [3.63, 3.8) is 0 Å². The van der Waals surface area contributed by atoms with Gasteiger partial charge in [-0.1, -0.05) is 6.92 Å². The van der Waals surface area contributed by atoms with Crippen LogP contribution in [0.25, 0.3) is 0 Å². The highest BCUT2D eigenvalue weighted by Crippen LogP contribution is 2.40. The molecule has 18 heavy (non-hydrogen) atoms. The Labute approximate surface area is 109 Å². The van der Waals surface area contributed by atoms with Gasteiger partial charge < -0.3 is 10.1 Å². The van der Waals surface area contributed by atoms with E-state index >= 15 is 0 Å². The van der Waals surface area contributed by atoms with Crippen molar-refractivity contribution < 1.29 is 14.3 Å². The predicted molar refractivity (Wildman–Crippen MR) is 70.4 cm³/mol. The smallest absolute Gasteiger partial charge is 0.407 e. The molecule has 4 heteroatoms. The van der Waals surface area contributed by atoms with Gasteiger partial charge in [0.05, 0.1) is 0 Å². The zero-order valence-electron chi connectivity index (χ0n) is 11.9. The number of rotatable bonds is 6. The molecule has 1 saturated carbocycles. The van der Waals surface area contributed by atoms with Crippen LogP contribution in [0.1, 0.15) is 53.4 Å². The van der Waals surface area contributed by atoms with Crippen molar-refractivity contribution in [3.8, 4) is 0 Å². The largest absolute Gasteiger partial charge is 0.444 e. The number of nitrogens with one attached hydrogen (secondary N) is 1. The van der Waals surface area contributed by atoms with Crippen LogP contribution in [0, 0.1) is 11.8 Å². The SMILES string of the molecule is CC1CC1CC(=O)CCCNC(=O)OC(C)(C)C. The topological polar surface area (TPSA) is 55.4 Å². The molecule has 0 heterocycles. The van der Waals surface area contributed by atoms with E-state index in [0.29, 0.717) is 37.5 Å². The Hall–Kier alpha value is -1.06. The summed E-state index contributed by atoms with van der Waals surface area (Å²) < 4.78 is 5.10. The molecule has 1 fully saturated rings. The minimum absolute atomic E-state index is 0.315. The van der Waals surface area contributed by atoms with E-state index < -0.39 is 11.7 Å². The van der Waals surface area contributed by atoms with E-state index in [1.807, 2.05) is 20.8 Å². The van der Waals surface area contributed by atoms with Crippen molar-refractivity contribution in [2.45, 2.75) is 59.0 Å². The first-order valence-electron chi connectivity index (χ1n) is 6.76. The molecule has 0 aromatic heterocycles. The van der Waals surface area contributed by atoms with Crippen LogP contribution in [0.5, 0.6) is 0 Å². The fourth-order valence-corrected chi connectivity index (χ4v) is 1.87. The van der Waals surface area contributed by atoms with Crippen LogP contribution >= 0.6 is 0 Å². The van der Waals surface area contributed by atoms with Gasteiger partial charge in [-0.3, -0.25) is 4.79 Å².